The lowest BCUT2D eigenvalue weighted by Crippen LogP contribution is -2.09. The maximum Gasteiger partial charge on any atom is 0.0433 e. The van der Waals surface area contributed by atoms with Crippen molar-refractivity contribution in [2.24, 2.45) is 17.8 Å². The van der Waals surface area contributed by atoms with Gasteiger partial charge < -0.3 is 5.11 Å². The first-order valence-electron chi connectivity index (χ1n) is 8.84. The zero-order chi connectivity index (χ0) is 15.0. The van der Waals surface area contributed by atoms with Crippen LogP contribution in [0.25, 0.3) is 0 Å². The van der Waals surface area contributed by atoms with Gasteiger partial charge in [0.1, 0.15) is 0 Å². The Morgan fingerprint density at radius 3 is 2.35 bits per heavy atom. The van der Waals surface area contributed by atoms with Crippen LogP contribution in [0, 0.1) is 17.8 Å². The lowest BCUT2D eigenvalue weighted by atomic mass is 9.81. The van der Waals surface area contributed by atoms with E-state index in [0.29, 0.717) is 12.5 Å². The Morgan fingerprint density at radius 2 is 1.75 bits per heavy atom. The Balaban J connectivity index is 2.21. The molecule has 0 fully saturated rings. The van der Waals surface area contributed by atoms with Crippen molar-refractivity contribution in [3.63, 3.8) is 0 Å². The minimum Gasteiger partial charge on any atom is -0.396 e. The highest BCUT2D eigenvalue weighted by Gasteiger charge is 2.17. The summed E-state index contributed by atoms with van der Waals surface area (Å²) >= 11 is 0. The Morgan fingerprint density at radius 1 is 1.10 bits per heavy atom. The summed E-state index contributed by atoms with van der Waals surface area (Å²) in [6.45, 7) is 9.80. The molecule has 1 aliphatic carbocycles. The molecule has 0 radical (unpaired) electrons. The lowest BCUT2D eigenvalue weighted by Gasteiger charge is -2.25. The summed E-state index contributed by atoms with van der Waals surface area (Å²) in [5.41, 5.74) is 3.46. The molecule has 0 aromatic rings. The van der Waals surface area contributed by atoms with Crippen molar-refractivity contribution in [2.75, 3.05) is 6.61 Å². The van der Waals surface area contributed by atoms with E-state index in [9.17, 15) is 0 Å². The quantitative estimate of drug-likeness (QED) is 0.535. The molecular formula is C19H36O. The van der Waals surface area contributed by atoms with Crippen LogP contribution in [0.15, 0.2) is 11.1 Å². The van der Waals surface area contributed by atoms with Gasteiger partial charge in [-0.15, -0.1) is 0 Å². The summed E-state index contributed by atoms with van der Waals surface area (Å²) in [5, 5.41) is 8.92. The van der Waals surface area contributed by atoms with Gasteiger partial charge in [-0.1, -0.05) is 51.2 Å². The summed E-state index contributed by atoms with van der Waals surface area (Å²) in [6, 6.07) is 0. The van der Waals surface area contributed by atoms with E-state index in [-0.39, 0.29) is 0 Å². The van der Waals surface area contributed by atoms with Crippen molar-refractivity contribution in [1.82, 2.24) is 0 Å². The van der Waals surface area contributed by atoms with Gasteiger partial charge in [0.2, 0.25) is 0 Å². The average molecular weight is 280 g/mol. The monoisotopic (exact) mass is 280 g/mol. The molecule has 1 rings (SSSR count). The topological polar surface area (TPSA) is 20.2 Å². The van der Waals surface area contributed by atoms with E-state index in [4.69, 9.17) is 5.11 Å². The Bertz CT molecular complexity index is 292. The first-order valence-corrected chi connectivity index (χ1v) is 8.84. The van der Waals surface area contributed by atoms with E-state index in [1.807, 2.05) is 0 Å². The largest absolute Gasteiger partial charge is 0.396 e. The molecule has 3 atom stereocenters. The fraction of sp³-hybridized carbons (Fsp3) is 0.895. The van der Waals surface area contributed by atoms with Crippen LogP contribution in [-0.4, -0.2) is 11.7 Å². The van der Waals surface area contributed by atoms with Gasteiger partial charge in [0, 0.05) is 6.61 Å². The summed E-state index contributed by atoms with van der Waals surface area (Å²) in [4.78, 5) is 0. The minimum atomic E-state index is 0.349. The number of aliphatic hydroxyl groups is 1. The zero-order valence-electron chi connectivity index (χ0n) is 14.3. The van der Waals surface area contributed by atoms with Gasteiger partial charge in [-0.25, -0.2) is 0 Å². The first-order chi connectivity index (χ1) is 9.54. The van der Waals surface area contributed by atoms with Crippen LogP contribution in [-0.2, 0) is 0 Å². The lowest BCUT2D eigenvalue weighted by molar-refractivity contribution is 0.255. The van der Waals surface area contributed by atoms with Crippen LogP contribution in [0.1, 0.15) is 85.5 Å². The molecular weight excluding hydrogens is 244 g/mol. The summed E-state index contributed by atoms with van der Waals surface area (Å²) in [5.74, 6) is 2.38. The second kappa shape index (κ2) is 9.60. The molecule has 0 saturated heterocycles. The molecule has 0 saturated carbocycles. The summed E-state index contributed by atoms with van der Waals surface area (Å²) < 4.78 is 0. The van der Waals surface area contributed by atoms with Gasteiger partial charge in [-0.2, -0.15) is 0 Å². The molecule has 0 bridgehead atoms. The van der Waals surface area contributed by atoms with E-state index >= 15 is 0 Å². The molecule has 118 valence electrons. The number of hydrogen-bond donors (Lipinski definition) is 1. The van der Waals surface area contributed by atoms with Crippen LogP contribution in [0.3, 0.4) is 0 Å². The van der Waals surface area contributed by atoms with Crippen molar-refractivity contribution in [1.29, 1.82) is 0 Å². The standard InChI is InChI=1S/C19H36O/c1-15(7-5-8-16(2)13-14-20)11-12-19-17(3)9-6-10-18(19)4/h15-17,20H,5-14H2,1-4H3/t15?,16?,17-/m1/s1. The molecule has 0 heterocycles. The third kappa shape index (κ3) is 6.43. The number of aliphatic hydroxyl groups excluding tert-OH is 1. The normalized spacial score (nSPS) is 22.9. The molecule has 0 spiro atoms. The fourth-order valence-electron chi connectivity index (χ4n) is 3.61. The SMILES string of the molecule is CC1=C(CCC(C)CCCC(C)CCO)[C@H](C)CCC1. The van der Waals surface area contributed by atoms with E-state index in [1.165, 1.54) is 51.4 Å². The van der Waals surface area contributed by atoms with Gasteiger partial charge in [-0.05, 0) is 63.2 Å². The summed E-state index contributed by atoms with van der Waals surface area (Å²) in [7, 11) is 0. The van der Waals surface area contributed by atoms with E-state index in [2.05, 4.69) is 27.7 Å². The van der Waals surface area contributed by atoms with E-state index < -0.39 is 0 Å². The Labute approximate surface area is 126 Å². The smallest absolute Gasteiger partial charge is 0.0433 e. The van der Waals surface area contributed by atoms with Crippen LogP contribution in [0.2, 0.25) is 0 Å². The minimum absolute atomic E-state index is 0.349. The van der Waals surface area contributed by atoms with Crippen molar-refractivity contribution < 1.29 is 5.11 Å². The highest BCUT2D eigenvalue weighted by atomic mass is 16.3. The molecule has 20 heavy (non-hydrogen) atoms. The highest BCUT2D eigenvalue weighted by molar-refractivity contribution is 5.17. The predicted molar refractivity (Wildman–Crippen MR) is 88.8 cm³/mol. The molecule has 2 unspecified atom stereocenters. The molecule has 1 nitrogen and oxygen atoms in total. The van der Waals surface area contributed by atoms with Gasteiger partial charge in [0.05, 0.1) is 0 Å². The first kappa shape index (κ1) is 17.8. The Hall–Kier alpha value is -0.300. The molecule has 1 aliphatic rings. The van der Waals surface area contributed by atoms with Gasteiger partial charge in [0.15, 0.2) is 0 Å². The zero-order valence-corrected chi connectivity index (χ0v) is 14.3. The molecule has 0 aromatic carbocycles. The summed E-state index contributed by atoms with van der Waals surface area (Å²) in [6.07, 6.45) is 11.8. The third-order valence-electron chi connectivity index (χ3n) is 5.25. The van der Waals surface area contributed by atoms with Crippen molar-refractivity contribution in [3.05, 3.63) is 11.1 Å². The second-order valence-corrected chi connectivity index (χ2v) is 7.29. The number of rotatable bonds is 9. The van der Waals surface area contributed by atoms with E-state index in [0.717, 1.165) is 18.3 Å². The maximum atomic E-state index is 8.92. The van der Waals surface area contributed by atoms with Crippen LogP contribution >= 0.6 is 0 Å². The molecule has 0 amide bonds. The van der Waals surface area contributed by atoms with Crippen LogP contribution in [0.5, 0.6) is 0 Å². The molecule has 1 heteroatoms. The van der Waals surface area contributed by atoms with Crippen molar-refractivity contribution >= 4 is 0 Å². The van der Waals surface area contributed by atoms with E-state index in [1.54, 1.807) is 11.1 Å². The van der Waals surface area contributed by atoms with Crippen molar-refractivity contribution in [2.45, 2.75) is 85.5 Å². The van der Waals surface area contributed by atoms with Crippen LogP contribution in [0.4, 0.5) is 0 Å². The number of hydrogen-bond acceptors (Lipinski definition) is 1. The van der Waals surface area contributed by atoms with Crippen LogP contribution < -0.4 is 0 Å². The predicted octanol–water partition coefficient (Wildman–Crippen LogP) is 5.73. The number of allylic oxidation sites excluding steroid dienone is 2. The van der Waals surface area contributed by atoms with Gasteiger partial charge in [0.25, 0.3) is 0 Å². The Kier molecular flexibility index (Phi) is 8.52. The molecule has 0 aliphatic heterocycles. The van der Waals surface area contributed by atoms with Gasteiger partial charge in [-0.3, -0.25) is 0 Å². The van der Waals surface area contributed by atoms with Crippen molar-refractivity contribution in [3.8, 4) is 0 Å². The fourth-order valence-corrected chi connectivity index (χ4v) is 3.61. The molecule has 1 N–H and O–H groups in total. The molecule has 0 aromatic heterocycles. The second-order valence-electron chi connectivity index (χ2n) is 7.29. The maximum absolute atomic E-state index is 8.92. The highest BCUT2D eigenvalue weighted by Crippen LogP contribution is 2.33. The average Bonchev–Trinajstić information content (AvgIpc) is 2.38. The van der Waals surface area contributed by atoms with Gasteiger partial charge >= 0.3 is 0 Å². The third-order valence-corrected chi connectivity index (χ3v) is 5.25.